The van der Waals surface area contributed by atoms with Crippen molar-refractivity contribution in [1.29, 1.82) is 0 Å². The van der Waals surface area contributed by atoms with E-state index in [4.69, 9.17) is 0 Å². The molecule has 156 valence electrons. The van der Waals surface area contributed by atoms with Gasteiger partial charge in [-0.25, -0.2) is 4.39 Å². The van der Waals surface area contributed by atoms with Gasteiger partial charge >= 0.3 is 0 Å². The molecule has 2 aromatic carbocycles. The maximum Gasteiger partial charge on any atom is 0.242 e. The van der Waals surface area contributed by atoms with Gasteiger partial charge in [-0.05, 0) is 43.0 Å². The second kappa shape index (κ2) is 11.3. The molecule has 2 amide bonds. The van der Waals surface area contributed by atoms with E-state index in [0.29, 0.717) is 19.5 Å². The second-order valence-electron chi connectivity index (χ2n) is 7.38. The van der Waals surface area contributed by atoms with Gasteiger partial charge in [0.05, 0.1) is 6.42 Å². The standard InChI is InChI=1S/C24H31FN2O2/c1-4-6-15-26-24(29)22(5-2)27(17-20-9-7-18(3)8-10-20)23(28)16-19-11-13-21(25)14-12-19/h7-14,22H,4-6,15-17H2,1-3H3,(H,26,29)/t22-/m1/s1. The number of carbonyl (C=O) groups is 2. The molecule has 4 nitrogen and oxygen atoms in total. The summed E-state index contributed by atoms with van der Waals surface area (Å²) in [6, 6.07) is 13.3. The molecule has 0 aliphatic heterocycles. The number of benzene rings is 2. The van der Waals surface area contributed by atoms with Gasteiger partial charge in [0.1, 0.15) is 11.9 Å². The summed E-state index contributed by atoms with van der Waals surface area (Å²) in [5.41, 5.74) is 2.84. The highest BCUT2D eigenvalue weighted by atomic mass is 19.1. The lowest BCUT2D eigenvalue weighted by Crippen LogP contribution is -2.49. The van der Waals surface area contributed by atoms with E-state index in [2.05, 4.69) is 12.2 Å². The number of unbranched alkanes of at least 4 members (excludes halogenated alkanes) is 1. The Labute approximate surface area is 173 Å². The zero-order valence-corrected chi connectivity index (χ0v) is 17.6. The first-order chi connectivity index (χ1) is 13.9. The van der Waals surface area contributed by atoms with Gasteiger partial charge in [-0.15, -0.1) is 0 Å². The van der Waals surface area contributed by atoms with Gasteiger partial charge in [-0.3, -0.25) is 9.59 Å². The van der Waals surface area contributed by atoms with E-state index in [1.807, 2.05) is 38.1 Å². The third kappa shape index (κ3) is 7.00. The molecule has 5 heteroatoms. The molecule has 1 atom stereocenters. The zero-order chi connectivity index (χ0) is 21.2. The maximum atomic E-state index is 13.2. The highest BCUT2D eigenvalue weighted by Gasteiger charge is 2.28. The summed E-state index contributed by atoms with van der Waals surface area (Å²) in [5.74, 6) is -0.602. The first-order valence-corrected chi connectivity index (χ1v) is 10.3. The molecule has 0 fully saturated rings. The first kappa shape index (κ1) is 22.6. The number of carbonyl (C=O) groups excluding carboxylic acids is 2. The highest BCUT2D eigenvalue weighted by molar-refractivity contribution is 5.88. The average Bonchev–Trinajstić information content (AvgIpc) is 2.71. The maximum absolute atomic E-state index is 13.2. The van der Waals surface area contributed by atoms with E-state index in [0.717, 1.165) is 29.5 Å². The number of aryl methyl sites for hydroxylation is 1. The highest BCUT2D eigenvalue weighted by Crippen LogP contribution is 2.15. The van der Waals surface area contributed by atoms with Crippen LogP contribution in [0, 0.1) is 12.7 Å². The number of rotatable bonds is 10. The summed E-state index contributed by atoms with van der Waals surface area (Å²) in [7, 11) is 0. The van der Waals surface area contributed by atoms with E-state index in [9.17, 15) is 14.0 Å². The van der Waals surface area contributed by atoms with E-state index >= 15 is 0 Å². The Morgan fingerprint density at radius 1 is 1.00 bits per heavy atom. The van der Waals surface area contributed by atoms with Crippen LogP contribution in [0.2, 0.25) is 0 Å². The molecule has 1 N–H and O–H groups in total. The van der Waals surface area contributed by atoms with Crippen LogP contribution in [0.1, 0.15) is 49.8 Å². The molecule has 0 heterocycles. The van der Waals surface area contributed by atoms with Crippen LogP contribution in [0.5, 0.6) is 0 Å². The van der Waals surface area contributed by atoms with Gasteiger partial charge in [0.15, 0.2) is 0 Å². The average molecular weight is 399 g/mol. The second-order valence-corrected chi connectivity index (χ2v) is 7.38. The Kier molecular flexibility index (Phi) is 8.84. The number of hydrogen-bond donors (Lipinski definition) is 1. The fourth-order valence-corrected chi connectivity index (χ4v) is 3.19. The van der Waals surface area contributed by atoms with Crippen molar-refractivity contribution < 1.29 is 14.0 Å². The van der Waals surface area contributed by atoms with Crippen molar-refractivity contribution in [2.75, 3.05) is 6.54 Å². The molecular weight excluding hydrogens is 367 g/mol. The van der Waals surface area contributed by atoms with Crippen molar-refractivity contribution in [3.63, 3.8) is 0 Å². The van der Waals surface area contributed by atoms with Gasteiger partial charge in [-0.2, -0.15) is 0 Å². The van der Waals surface area contributed by atoms with Gasteiger partial charge < -0.3 is 10.2 Å². The van der Waals surface area contributed by atoms with E-state index in [1.54, 1.807) is 17.0 Å². The SMILES string of the molecule is CCCCNC(=O)[C@@H](CC)N(Cc1ccc(C)cc1)C(=O)Cc1ccc(F)cc1. The molecule has 0 spiro atoms. The molecule has 0 aromatic heterocycles. The third-order valence-electron chi connectivity index (χ3n) is 4.96. The van der Waals surface area contributed by atoms with Crippen molar-refractivity contribution in [3.05, 3.63) is 71.0 Å². The summed E-state index contributed by atoms with van der Waals surface area (Å²) >= 11 is 0. The largest absolute Gasteiger partial charge is 0.354 e. The Hall–Kier alpha value is -2.69. The Bertz CT molecular complexity index is 788. The number of nitrogens with zero attached hydrogens (tertiary/aromatic N) is 1. The van der Waals surface area contributed by atoms with E-state index in [1.165, 1.54) is 12.1 Å². The van der Waals surface area contributed by atoms with Crippen molar-refractivity contribution in [1.82, 2.24) is 10.2 Å². The summed E-state index contributed by atoms with van der Waals surface area (Å²) < 4.78 is 13.2. The number of halogens is 1. The van der Waals surface area contributed by atoms with Crippen LogP contribution < -0.4 is 5.32 Å². The molecule has 0 unspecified atom stereocenters. The molecule has 2 aromatic rings. The lowest BCUT2D eigenvalue weighted by atomic mass is 10.1. The smallest absolute Gasteiger partial charge is 0.242 e. The topological polar surface area (TPSA) is 49.4 Å². The summed E-state index contributed by atoms with van der Waals surface area (Å²) in [6.45, 7) is 6.96. The van der Waals surface area contributed by atoms with Crippen molar-refractivity contribution >= 4 is 11.8 Å². The van der Waals surface area contributed by atoms with Gasteiger partial charge in [-0.1, -0.05) is 62.2 Å². The van der Waals surface area contributed by atoms with E-state index < -0.39 is 6.04 Å². The van der Waals surface area contributed by atoms with Gasteiger partial charge in [0, 0.05) is 13.1 Å². The van der Waals surface area contributed by atoms with Crippen LogP contribution in [0.15, 0.2) is 48.5 Å². The Balaban J connectivity index is 2.22. The fourth-order valence-electron chi connectivity index (χ4n) is 3.19. The van der Waals surface area contributed by atoms with E-state index in [-0.39, 0.29) is 24.1 Å². The molecule has 29 heavy (non-hydrogen) atoms. The minimum atomic E-state index is -0.541. The van der Waals surface area contributed by atoms with Gasteiger partial charge in [0.25, 0.3) is 0 Å². The minimum Gasteiger partial charge on any atom is -0.354 e. The van der Waals surface area contributed by atoms with Crippen LogP contribution in [0.3, 0.4) is 0 Å². The number of amides is 2. The fraction of sp³-hybridized carbons (Fsp3) is 0.417. The lowest BCUT2D eigenvalue weighted by Gasteiger charge is -2.31. The Morgan fingerprint density at radius 3 is 2.21 bits per heavy atom. The molecule has 2 rings (SSSR count). The predicted octanol–water partition coefficient (Wildman–Crippen LogP) is 4.40. The molecule has 0 aliphatic carbocycles. The van der Waals surface area contributed by atoms with Crippen LogP contribution >= 0.6 is 0 Å². The molecule has 0 aliphatic rings. The molecular formula is C24H31FN2O2. The molecule has 0 saturated carbocycles. The monoisotopic (exact) mass is 398 g/mol. The minimum absolute atomic E-state index is 0.125. The summed E-state index contributed by atoms with van der Waals surface area (Å²) in [5, 5.41) is 2.95. The van der Waals surface area contributed by atoms with Crippen molar-refractivity contribution in [3.8, 4) is 0 Å². The quantitative estimate of drug-likeness (QED) is 0.603. The normalized spacial score (nSPS) is 11.7. The van der Waals surface area contributed by atoms with Crippen LogP contribution in [-0.2, 0) is 22.6 Å². The summed E-state index contributed by atoms with van der Waals surface area (Å²) in [4.78, 5) is 27.6. The predicted molar refractivity (Wildman–Crippen MR) is 114 cm³/mol. The van der Waals surface area contributed by atoms with Crippen LogP contribution in [0.4, 0.5) is 4.39 Å². The number of hydrogen-bond acceptors (Lipinski definition) is 2. The summed E-state index contributed by atoms with van der Waals surface area (Å²) in [6.07, 6.45) is 2.56. The molecule has 0 bridgehead atoms. The first-order valence-electron chi connectivity index (χ1n) is 10.3. The van der Waals surface area contributed by atoms with Crippen LogP contribution in [0.25, 0.3) is 0 Å². The van der Waals surface area contributed by atoms with Crippen molar-refractivity contribution in [2.24, 2.45) is 0 Å². The Morgan fingerprint density at radius 2 is 1.62 bits per heavy atom. The van der Waals surface area contributed by atoms with Crippen molar-refractivity contribution in [2.45, 2.75) is 59.0 Å². The molecule has 0 saturated heterocycles. The van der Waals surface area contributed by atoms with Crippen LogP contribution in [-0.4, -0.2) is 29.3 Å². The lowest BCUT2D eigenvalue weighted by molar-refractivity contribution is -0.140. The number of nitrogens with one attached hydrogen (secondary N) is 1. The zero-order valence-electron chi connectivity index (χ0n) is 17.6. The van der Waals surface area contributed by atoms with Gasteiger partial charge in [0.2, 0.25) is 11.8 Å². The molecule has 0 radical (unpaired) electrons. The third-order valence-corrected chi connectivity index (χ3v) is 4.96.